The second kappa shape index (κ2) is 4.93. The summed E-state index contributed by atoms with van der Waals surface area (Å²) >= 11 is 5.67. The maximum Gasteiger partial charge on any atom is 0.256 e. The molecule has 5 heteroatoms. The predicted octanol–water partition coefficient (Wildman–Crippen LogP) is 2.57. The molecule has 0 aliphatic rings. The van der Waals surface area contributed by atoms with Gasteiger partial charge in [0.15, 0.2) is 0 Å². The minimum absolute atomic E-state index is 0.0554. The van der Waals surface area contributed by atoms with Crippen molar-refractivity contribution in [2.75, 3.05) is 0 Å². The van der Waals surface area contributed by atoms with E-state index in [0.29, 0.717) is 5.56 Å². The Kier molecular flexibility index (Phi) is 3.35. The lowest BCUT2D eigenvalue weighted by atomic mass is 10.2. The first-order chi connectivity index (χ1) is 8.18. The minimum atomic E-state index is -0.341. The van der Waals surface area contributed by atoms with Gasteiger partial charge in [-0.2, -0.15) is 0 Å². The second-order valence-electron chi connectivity index (χ2n) is 3.42. The fraction of sp³-hybridized carbons (Fsp3) is 0.0833. The topological polar surface area (TPSA) is 62.5 Å². The van der Waals surface area contributed by atoms with Gasteiger partial charge in [0, 0.05) is 12.1 Å². The molecule has 0 spiro atoms. The number of aromatic hydroxyl groups is 1. The van der Waals surface area contributed by atoms with Gasteiger partial charge in [-0.15, -0.1) is 0 Å². The number of amides is 1. The monoisotopic (exact) mass is 251 g/mol. The van der Waals surface area contributed by atoms with Gasteiger partial charge in [-0.05, 0) is 23.7 Å². The fourth-order valence-electron chi connectivity index (χ4n) is 1.39. The lowest BCUT2D eigenvalue weighted by Crippen LogP contribution is -2.22. The number of carbonyl (C=O) groups excluding carboxylic acids is 1. The highest BCUT2D eigenvalue weighted by Crippen LogP contribution is 2.18. The Labute approximate surface area is 103 Å². The lowest BCUT2D eigenvalue weighted by Gasteiger charge is -2.05. The molecule has 0 aliphatic heterocycles. The average Bonchev–Trinajstić information content (AvgIpc) is 2.74. The summed E-state index contributed by atoms with van der Waals surface area (Å²) in [6, 6.07) is 8.28. The number of benzene rings is 1. The van der Waals surface area contributed by atoms with Crippen molar-refractivity contribution in [3.63, 3.8) is 0 Å². The second-order valence-corrected chi connectivity index (χ2v) is 3.76. The van der Waals surface area contributed by atoms with E-state index in [0.717, 1.165) is 0 Å². The molecule has 2 aromatic rings. The van der Waals surface area contributed by atoms with Crippen molar-refractivity contribution in [3.05, 3.63) is 52.9 Å². The van der Waals surface area contributed by atoms with E-state index in [1.165, 1.54) is 12.3 Å². The van der Waals surface area contributed by atoms with Crippen LogP contribution in [0.4, 0.5) is 0 Å². The number of phenolic OH excluding ortho intramolecular Hbond substituents is 1. The number of rotatable bonds is 3. The molecule has 1 amide bonds. The van der Waals surface area contributed by atoms with Gasteiger partial charge in [0.2, 0.25) is 5.22 Å². The normalized spacial score (nSPS) is 10.2. The number of halogens is 1. The van der Waals surface area contributed by atoms with Crippen LogP contribution < -0.4 is 5.32 Å². The molecule has 0 fully saturated rings. The van der Waals surface area contributed by atoms with Gasteiger partial charge < -0.3 is 14.8 Å². The minimum Gasteiger partial charge on any atom is -0.508 e. The number of nitrogens with one attached hydrogen (secondary N) is 1. The predicted molar refractivity (Wildman–Crippen MR) is 63.0 cm³/mol. The van der Waals surface area contributed by atoms with Gasteiger partial charge in [-0.1, -0.05) is 18.2 Å². The molecule has 0 saturated heterocycles. The first kappa shape index (κ1) is 11.5. The zero-order valence-corrected chi connectivity index (χ0v) is 9.57. The Morgan fingerprint density at radius 2 is 2.12 bits per heavy atom. The van der Waals surface area contributed by atoms with Gasteiger partial charge in [-0.25, -0.2) is 0 Å². The van der Waals surface area contributed by atoms with Gasteiger partial charge in [0.25, 0.3) is 5.91 Å². The van der Waals surface area contributed by atoms with E-state index in [4.69, 9.17) is 16.0 Å². The Balaban J connectivity index is 2.02. The molecule has 0 atom stereocenters. The Morgan fingerprint density at radius 3 is 2.76 bits per heavy atom. The van der Waals surface area contributed by atoms with Crippen LogP contribution in [0, 0.1) is 0 Å². The van der Waals surface area contributed by atoms with Gasteiger partial charge >= 0.3 is 0 Å². The first-order valence-electron chi connectivity index (χ1n) is 4.96. The number of phenols is 1. The molecule has 0 unspecified atom stereocenters. The van der Waals surface area contributed by atoms with Crippen LogP contribution in [0.1, 0.15) is 15.9 Å². The van der Waals surface area contributed by atoms with E-state index in [2.05, 4.69) is 5.32 Å². The van der Waals surface area contributed by atoms with Crippen molar-refractivity contribution in [2.24, 2.45) is 0 Å². The van der Waals surface area contributed by atoms with Crippen LogP contribution in [0.25, 0.3) is 0 Å². The third-order valence-corrected chi connectivity index (χ3v) is 2.59. The number of carbonyl (C=O) groups is 1. The maximum atomic E-state index is 11.7. The van der Waals surface area contributed by atoms with Gasteiger partial charge in [0.1, 0.15) is 5.75 Å². The summed E-state index contributed by atoms with van der Waals surface area (Å²) in [4.78, 5) is 11.7. The molecule has 0 radical (unpaired) electrons. The largest absolute Gasteiger partial charge is 0.508 e. The zero-order chi connectivity index (χ0) is 12.3. The number of para-hydroxylation sites is 1. The SMILES string of the molecule is O=C(NCc1ccccc1O)c1ccoc1Cl. The number of hydrogen-bond acceptors (Lipinski definition) is 3. The standard InChI is InChI=1S/C12H10ClNO3/c13-11-9(5-6-17-11)12(16)14-7-8-3-1-2-4-10(8)15/h1-6,15H,7H2,(H,14,16). The zero-order valence-electron chi connectivity index (χ0n) is 8.81. The third kappa shape index (κ3) is 2.60. The molecule has 1 heterocycles. The van der Waals surface area contributed by atoms with Crippen LogP contribution >= 0.6 is 11.6 Å². The van der Waals surface area contributed by atoms with E-state index >= 15 is 0 Å². The lowest BCUT2D eigenvalue weighted by molar-refractivity contribution is 0.0950. The van der Waals surface area contributed by atoms with Crippen LogP contribution in [0.5, 0.6) is 5.75 Å². The van der Waals surface area contributed by atoms with Crippen molar-refractivity contribution < 1.29 is 14.3 Å². The Morgan fingerprint density at radius 1 is 1.35 bits per heavy atom. The summed E-state index contributed by atoms with van der Waals surface area (Å²) in [5, 5.41) is 12.2. The molecule has 2 rings (SSSR count). The van der Waals surface area contributed by atoms with E-state index in [-0.39, 0.29) is 29.0 Å². The summed E-state index contributed by atoms with van der Waals surface area (Å²) in [5.41, 5.74) is 0.919. The molecule has 0 aliphatic carbocycles. The summed E-state index contributed by atoms with van der Waals surface area (Å²) < 4.78 is 4.82. The molecule has 0 bridgehead atoms. The van der Waals surface area contributed by atoms with Crippen molar-refractivity contribution in [2.45, 2.75) is 6.54 Å². The molecule has 1 aromatic carbocycles. The molecule has 17 heavy (non-hydrogen) atoms. The van der Waals surface area contributed by atoms with Crippen molar-refractivity contribution in [1.82, 2.24) is 5.32 Å². The van der Waals surface area contributed by atoms with Gasteiger partial charge in [0.05, 0.1) is 11.8 Å². The molecular weight excluding hydrogens is 242 g/mol. The molecule has 0 saturated carbocycles. The summed E-state index contributed by atoms with van der Waals surface area (Å²) in [6.07, 6.45) is 1.34. The fourth-order valence-corrected chi connectivity index (χ4v) is 1.59. The number of hydrogen-bond donors (Lipinski definition) is 2. The Bertz CT molecular complexity index is 536. The summed E-state index contributed by atoms with van der Waals surface area (Å²) in [7, 11) is 0. The van der Waals surface area contributed by atoms with Crippen LogP contribution in [-0.4, -0.2) is 11.0 Å². The van der Waals surface area contributed by atoms with Crippen molar-refractivity contribution in [1.29, 1.82) is 0 Å². The highest BCUT2D eigenvalue weighted by molar-refractivity contribution is 6.32. The molecule has 4 nitrogen and oxygen atoms in total. The third-order valence-electron chi connectivity index (χ3n) is 2.29. The smallest absolute Gasteiger partial charge is 0.256 e. The summed E-state index contributed by atoms with van der Waals surface area (Å²) in [5.74, 6) is -0.196. The molecule has 88 valence electrons. The van der Waals surface area contributed by atoms with Crippen molar-refractivity contribution in [3.8, 4) is 5.75 Å². The molecular formula is C12H10ClNO3. The summed E-state index contributed by atoms with van der Waals surface area (Å²) in [6.45, 7) is 0.229. The highest BCUT2D eigenvalue weighted by Gasteiger charge is 2.12. The molecule has 1 aromatic heterocycles. The van der Waals surface area contributed by atoms with Crippen LogP contribution in [0.3, 0.4) is 0 Å². The average molecular weight is 252 g/mol. The van der Waals surface area contributed by atoms with Gasteiger partial charge in [-0.3, -0.25) is 4.79 Å². The van der Waals surface area contributed by atoms with Crippen molar-refractivity contribution >= 4 is 17.5 Å². The van der Waals surface area contributed by atoms with E-state index in [1.807, 2.05) is 0 Å². The van der Waals surface area contributed by atoms with E-state index < -0.39 is 0 Å². The maximum absolute atomic E-state index is 11.7. The Hall–Kier alpha value is -1.94. The van der Waals surface area contributed by atoms with Crippen LogP contribution in [0.15, 0.2) is 41.0 Å². The highest BCUT2D eigenvalue weighted by atomic mass is 35.5. The quantitative estimate of drug-likeness (QED) is 0.881. The van der Waals surface area contributed by atoms with Crippen LogP contribution in [0.2, 0.25) is 5.22 Å². The van der Waals surface area contributed by atoms with E-state index in [1.54, 1.807) is 24.3 Å². The number of furan rings is 1. The first-order valence-corrected chi connectivity index (χ1v) is 5.34. The van der Waals surface area contributed by atoms with E-state index in [9.17, 15) is 9.90 Å². The van der Waals surface area contributed by atoms with Crippen LogP contribution in [-0.2, 0) is 6.54 Å². The molecule has 2 N–H and O–H groups in total.